The van der Waals surface area contributed by atoms with Crippen LogP contribution in [0.4, 0.5) is 0 Å². The maximum Gasteiger partial charge on any atom is 0.251 e. The van der Waals surface area contributed by atoms with Gasteiger partial charge in [0.15, 0.2) is 5.15 Å². The van der Waals surface area contributed by atoms with Gasteiger partial charge in [-0.2, -0.15) is 15.0 Å². The molecule has 2 aromatic rings. The van der Waals surface area contributed by atoms with E-state index in [0.29, 0.717) is 11.5 Å². The van der Waals surface area contributed by atoms with Gasteiger partial charge in [-0.1, -0.05) is 11.6 Å². The summed E-state index contributed by atoms with van der Waals surface area (Å²) >= 11 is 5.86. The van der Waals surface area contributed by atoms with Crippen molar-refractivity contribution in [1.82, 2.24) is 19.7 Å². The van der Waals surface area contributed by atoms with Gasteiger partial charge < -0.3 is 0 Å². The molecule has 0 bridgehead atoms. The highest BCUT2D eigenvalue weighted by molar-refractivity contribution is 6.30. The molecule has 68 valence electrons. The van der Waals surface area contributed by atoms with Crippen molar-refractivity contribution in [2.75, 3.05) is 0 Å². The summed E-state index contributed by atoms with van der Waals surface area (Å²) in [4.78, 5) is 7.91. The minimum atomic E-state index is 0.221. The highest BCUT2D eigenvalue weighted by Crippen LogP contribution is 2.16. The van der Waals surface area contributed by atoms with E-state index in [0.717, 1.165) is 0 Å². The smallest absolute Gasteiger partial charge is 0.220 e. The second-order valence-corrected chi connectivity index (χ2v) is 2.78. The van der Waals surface area contributed by atoms with E-state index in [2.05, 4.69) is 15.1 Å². The molecule has 2 rings (SSSR count). The summed E-state index contributed by atoms with van der Waals surface area (Å²) in [6, 6.07) is 3.60. The first-order valence-electron chi connectivity index (χ1n) is 3.74. The molecule has 14 heavy (non-hydrogen) atoms. The Labute approximate surface area is 84.6 Å². The van der Waals surface area contributed by atoms with Crippen LogP contribution < -0.4 is 0 Å². The molecule has 0 atom stereocenters. The molecular formula is C8H4ClN5. The number of rotatable bonds is 1. The summed E-state index contributed by atoms with van der Waals surface area (Å²) in [7, 11) is 0. The fourth-order valence-electron chi connectivity index (χ4n) is 0.949. The zero-order chi connectivity index (χ0) is 9.97. The van der Waals surface area contributed by atoms with Gasteiger partial charge in [-0.15, -0.1) is 0 Å². The Morgan fingerprint density at radius 2 is 2.07 bits per heavy atom. The van der Waals surface area contributed by atoms with E-state index in [1.807, 2.05) is 6.07 Å². The lowest BCUT2D eigenvalue weighted by Crippen LogP contribution is -2.01. The Balaban J connectivity index is 2.54. The summed E-state index contributed by atoms with van der Waals surface area (Å²) in [5.41, 5.74) is 0.305. The summed E-state index contributed by atoms with van der Waals surface area (Å²) < 4.78 is 1.31. The molecule has 6 heteroatoms. The van der Waals surface area contributed by atoms with Crippen LogP contribution in [0, 0.1) is 11.3 Å². The van der Waals surface area contributed by atoms with Crippen LogP contribution in [-0.4, -0.2) is 19.7 Å². The Morgan fingerprint density at radius 1 is 1.36 bits per heavy atom. The lowest BCUT2D eigenvalue weighted by Gasteiger charge is -1.98. The number of nitriles is 1. The molecule has 2 heterocycles. The number of aromatic nitrogens is 4. The van der Waals surface area contributed by atoms with Gasteiger partial charge in [-0.25, -0.2) is 9.97 Å². The van der Waals surface area contributed by atoms with Crippen LogP contribution in [0.25, 0.3) is 5.95 Å². The van der Waals surface area contributed by atoms with Crippen molar-refractivity contribution in [3.8, 4) is 12.0 Å². The van der Waals surface area contributed by atoms with Gasteiger partial charge in [0.25, 0.3) is 5.95 Å². The zero-order valence-corrected chi connectivity index (χ0v) is 7.68. The number of hydrogen-bond donors (Lipinski definition) is 0. The van der Waals surface area contributed by atoms with Crippen LogP contribution in [0.2, 0.25) is 5.15 Å². The topological polar surface area (TPSA) is 67.4 Å². The van der Waals surface area contributed by atoms with Crippen LogP contribution in [0.1, 0.15) is 5.56 Å². The molecule has 0 aromatic carbocycles. The third-order valence-electron chi connectivity index (χ3n) is 1.57. The van der Waals surface area contributed by atoms with Gasteiger partial charge in [0.2, 0.25) is 0 Å². The summed E-state index contributed by atoms with van der Waals surface area (Å²) in [5.74, 6) is 0.346. The SMILES string of the molecule is N#Cc1cnn(-c2ncccn2)c1Cl. The Kier molecular flexibility index (Phi) is 2.13. The molecular weight excluding hydrogens is 202 g/mol. The van der Waals surface area contributed by atoms with Gasteiger partial charge in [0.05, 0.1) is 6.20 Å². The summed E-state index contributed by atoms with van der Waals surface area (Å²) in [6.45, 7) is 0. The zero-order valence-electron chi connectivity index (χ0n) is 6.92. The molecule has 0 aliphatic carbocycles. The van der Waals surface area contributed by atoms with Gasteiger partial charge in [0, 0.05) is 12.4 Å². The van der Waals surface area contributed by atoms with Crippen molar-refractivity contribution >= 4 is 11.6 Å². The van der Waals surface area contributed by atoms with Crippen molar-refractivity contribution in [1.29, 1.82) is 5.26 Å². The minimum Gasteiger partial charge on any atom is -0.220 e. The van der Waals surface area contributed by atoms with Gasteiger partial charge in [0.1, 0.15) is 11.6 Å². The molecule has 0 fully saturated rings. The first kappa shape index (κ1) is 8.66. The highest BCUT2D eigenvalue weighted by atomic mass is 35.5. The van der Waals surface area contributed by atoms with Crippen LogP contribution in [-0.2, 0) is 0 Å². The third-order valence-corrected chi connectivity index (χ3v) is 1.94. The van der Waals surface area contributed by atoms with Crippen LogP contribution in [0.5, 0.6) is 0 Å². The first-order valence-corrected chi connectivity index (χ1v) is 4.11. The largest absolute Gasteiger partial charge is 0.251 e. The molecule has 0 saturated heterocycles. The van der Waals surface area contributed by atoms with Crippen LogP contribution in [0.15, 0.2) is 24.7 Å². The molecule has 0 saturated carbocycles. The van der Waals surface area contributed by atoms with E-state index >= 15 is 0 Å². The molecule has 0 spiro atoms. The van der Waals surface area contributed by atoms with Crippen molar-refractivity contribution < 1.29 is 0 Å². The monoisotopic (exact) mass is 205 g/mol. The van der Waals surface area contributed by atoms with Crippen molar-refractivity contribution in [3.63, 3.8) is 0 Å². The summed E-state index contributed by atoms with van der Waals surface area (Å²) in [6.07, 6.45) is 4.53. The minimum absolute atomic E-state index is 0.221. The van der Waals surface area contributed by atoms with Crippen LogP contribution >= 0.6 is 11.6 Å². The normalized spacial score (nSPS) is 9.71. The van der Waals surface area contributed by atoms with E-state index in [-0.39, 0.29) is 5.15 Å². The molecule has 0 aliphatic heterocycles. The number of hydrogen-bond acceptors (Lipinski definition) is 4. The fraction of sp³-hybridized carbons (Fsp3) is 0. The molecule has 0 N–H and O–H groups in total. The van der Waals surface area contributed by atoms with Crippen molar-refractivity contribution in [3.05, 3.63) is 35.4 Å². The number of halogens is 1. The average molecular weight is 206 g/mol. The maximum absolute atomic E-state index is 8.65. The molecule has 0 radical (unpaired) electrons. The molecule has 2 aromatic heterocycles. The maximum atomic E-state index is 8.65. The Hall–Kier alpha value is -1.93. The van der Waals surface area contributed by atoms with Gasteiger partial charge >= 0.3 is 0 Å². The predicted octanol–water partition coefficient (Wildman–Crippen LogP) is 1.19. The quantitative estimate of drug-likeness (QED) is 0.701. The Morgan fingerprint density at radius 3 is 2.64 bits per heavy atom. The average Bonchev–Trinajstić information content (AvgIpc) is 2.61. The Bertz CT molecular complexity index is 484. The van der Waals surface area contributed by atoms with Crippen molar-refractivity contribution in [2.45, 2.75) is 0 Å². The van der Waals surface area contributed by atoms with Crippen LogP contribution in [0.3, 0.4) is 0 Å². The molecule has 0 amide bonds. The highest BCUT2D eigenvalue weighted by Gasteiger charge is 2.10. The molecule has 0 unspecified atom stereocenters. The van der Waals surface area contributed by atoms with Gasteiger partial charge in [-0.05, 0) is 6.07 Å². The van der Waals surface area contributed by atoms with E-state index in [1.165, 1.54) is 10.9 Å². The second kappa shape index (κ2) is 3.44. The fourth-order valence-corrected chi connectivity index (χ4v) is 1.16. The molecule has 5 nitrogen and oxygen atoms in total. The van der Waals surface area contributed by atoms with E-state index < -0.39 is 0 Å². The van der Waals surface area contributed by atoms with E-state index in [9.17, 15) is 0 Å². The van der Waals surface area contributed by atoms with Gasteiger partial charge in [-0.3, -0.25) is 0 Å². The number of nitrogens with zero attached hydrogens (tertiary/aromatic N) is 5. The van der Waals surface area contributed by atoms with E-state index in [1.54, 1.807) is 18.5 Å². The van der Waals surface area contributed by atoms with E-state index in [4.69, 9.17) is 16.9 Å². The van der Waals surface area contributed by atoms with Crippen molar-refractivity contribution in [2.24, 2.45) is 0 Å². The lowest BCUT2D eigenvalue weighted by molar-refractivity contribution is 0.808. The summed E-state index contributed by atoms with van der Waals surface area (Å²) in [5, 5.41) is 12.8. The first-order chi connectivity index (χ1) is 6.83. The lowest BCUT2D eigenvalue weighted by atomic mass is 10.4. The molecule has 0 aliphatic rings. The third kappa shape index (κ3) is 1.32. The standard InChI is InChI=1S/C8H4ClN5/c9-7-6(4-10)5-13-14(7)8-11-2-1-3-12-8/h1-3,5H. The second-order valence-electron chi connectivity index (χ2n) is 2.42. The predicted molar refractivity (Wildman–Crippen MR) is 48.9 cm³/mol.